The Kier molecular flexibility index (Phi) is 3.48. The second-order valence-corrected chi connectivity index (χ2v) is 8.73. The number of aromatic amines is 2. The second-order valence-electron chi connectivity index (χ2n) is 7.67. The van der Waals surface area contributed by atoms with E-state index in [9.17, 15) is 9.90 Å². The highest BCUT2D eigenvalue weighted by atomic mass is 32.1. The summed E-state index contributed by atoms with van der Waals surface area (Å²) in [5, 5.41) is 19.1. The number of nitrogens with zero attached hydrogens (tertiary/aromatic N) is 1. The van der Waals surface area contributed by atoms with Gasteiger partial charge in [0, 0.05) is 27.1 Å². The number of aliphatic hydroxyl groups is 1. The second kappa shape index (κ2) is 5.27. The van der Waals surface area contributed by atoms with Gasteiger partial charge >= 0.3 is 0 Å². The molecule has 1 aliphatic heterocycles. The maximum atomic E-state index is 12.7. The Hall–Kier alpha value is -1.96. The highest BCUT2D eigenvalue weighted by Crippen LogP contribution is 2.45. The van der Waals surface area contributed by atoms with E-state index in [1.54, 1.807) is 6.20 Å². The molecular weight excluding hydrogens is 338 g/mol. The van der Waals surface area contributed by atoms with E-state index >= 15 is 0 Å². The standard InChI is InChI=1S/C18H21N3O3S/c1-9-11(6-19-21-9)13-5-10-12-7-24-8-18(23,17(2,3)4)15(12)20-16(22)14(10)25-13/h5-6,23H,7-8H2,1-4H3,(H,19,21)(H,20,22)/t18-/m0/s1. The number of ether oxygens (including phenoxy) is 1. The first kappa shape index (κ1) is 16.5. The quantitative estimate of drug-likeness (QED) is 0.623. The van der Waals surface area contributed by atoms with Gasteiger partial charge in [-0.15, -0.1) is 11.3 Å². The number of aryl methyl sites for hydroxylation is 1. The Labute approximate surface area is 148 Å². The van der Waals surface area contributed by atoms with Gasteiger partial charge in [-0.3, -0.25) is 9.89 Å². The molecule has 0 aromatic carbocycles. The van der Waals surface area contributed by atoms with Crippen molar-refractivity contribution in [3.63, 3.8) is 0 Å². The Balaban J connectivity index is 2.01. The van der Waals surface area contributed by atoms with Gasteiger partial charge in [0.15, 0.2) is 0 Å². The van der Waals surface area contributed by atoms with E-state index in [0.717, 1.165) is 27.1 Å². The molecule has 0 fully saturated rings. The van der Waals surface area contributed by atoms with E-state index in [4.69, 9.17) is 4.74 Å². The number of aromatic nitrogens is 3. The smallest absolute Gasteiger partial charge is 0.266 e. The molecule has 3 aromatic rings. The van der Waals surface area contributed by atoms with Gasteiger partial charge in [-0.25, -0.2) is 0 Å². The predicted molar refractivity (Wildman–Crippen MR) is 97.8 cm³/mol. The first-order valence-electron chi connectivity index (χ1n) is 8.22. The summed E-state index contributed by atoms with van der Waals surface area (Å²) in [4.78, 5) is 16.6. The summed E-state index contributed by atoms with van der Waals surface area (Å²) in [5.74, 6) is 0. The van der Waals surface area contributed by atoms with E-state index in [1.165, 1.54) is 11.3 Å². The van der Waals surface area contributed by atoms with Crippen molar-refractivity contribution < 1.29 is 9.84 Å². The summed E-state index contributed by atoms with van der Waals surface area (Å²) in [6, 6.07) is 2.00. The van der Waals surface area contributed by atoms with E-state index in [2.05, 4.69) is 15.2 Å². The van der Waals surface area contributed by atoms with Crippen LogP contribution < -0.4 is 5.56 Å². The molecule has 1 atom stereocenters. The van der Waals surface area contributed by atoms with Crippen LogP contribution in [0.1, 0.15) is 37.7 Å². The van der Waals surface area contributed by atoms with Gasteiger partial charge in [0.2, 0.25) is 0 Å². The first-order chi connectivity index (χ1) is 11.7. The zero-order valence-corrected chi connectivity index (χ0v) is 15.5. The molecule has 3 aromatic heterocycles. The van der Waals surface area contributed by atoms with Crippen molar-refractivity contribution in [2.45, 2.75) is 39.9 Å². The number of fused-ring (bicyclic) bond motifs is 3. The molecule has 0 radical (unpaired) electrons. The van der Waals surface area contributed by atoms with Crippen molar-refractivity contribution in [3.8, 4) is 10.4 Å². The van der Waals surface area contributed by atoms with E-state index in [0.29, 0.717) is 17.0 Å². The average molecular weight is 359 g/mol. The summed E-state index contributed by atoms with van der Waals surface area (Å²) in [7, 11) is 0. The Morgan fingerprint density at radius 3 is 2.80 bits per heavy atom. The van der Waals surface area contributed by atoms with Crippen LogP contribution in [0, 0.1) is 12.3 Å². The van der Waals surface area contributed by atoms with Crippen LogP contribution in [0.15, 0.2) is 17.1 Å². The van der Waals surface area contributed by atoms with Crippen LogP contribution >= 0.6 is 11.3 Å². The molecule has 0 unspecified atom stereocenters. The van der Waals surface area contributed by atoms with Crippen molar-refractivity contribution in [3.05, 3.63) is 39.6 Å². The van der Waals surface area contributed by atoms with Gasteiger partial charge in [-0.1, -0.05) is 20.8 Å². The van der Waals surface area contributed by atoms with Crippen molar-refractivity contribution in [1.82, 2.24) is 15.2 Å². The molecule has 25 heavy (non-hydrogen) atoms. The zero-order chi connectivity index (χ0) is 18.0. The van der Waals surface area contributed by atoms with Gasteiger partial charge in [-0.05, 0) is 18.4 Å². The van der Waals surface area contributed by atoms with Crippen molar-refractivity contribution in [2.24, 2.45) is 5.41 Å². The number of hydrogen-bond acceptors (Lipinski definition) is 5. The lowest BCUT2D eigenvalue weighted by atomic mass is 9.72. The number of thiophene rings is 1. The highest BCUT2D eigenvalue weighted by molar-refractivity contribution is 7.22. The Bertz CT molecular complexity index is 1020. The third-order valence-electron chi connectivity index (χ3n) is 5.11. The molecule has 1 aliphatic rings. The van der Waals surface area contributed by atoms with Crippen molar-refractivity contribution in [1.29, 1.82) is 0 Å². The van der Waals surface area contributed by atoms with Crippen molar-refractivity contribution in [2.75, 3.05) is 6.61 Å². The molecular formula is C18H21N3O3S. The fourth-order valence-corrected chi connectivity index (χ4v) is 4.51. The number of hydrogen-bond donors (Lipinski definition) is 3. The largest absolute Gasteiger partial charge is 0.381 e. The zero-order valence-electron chi connectivity index (χ0n) is 14.7. The third-order valence-corrected chi connectivity index (χ3v) is 6.28. The van der Waals surface area contributed by atoms with Crippen LogP contribution in [-0.2, 0) is 16.9 Å². The summed E-state index contributed by atoms with van der Waals surface area (Å²) < 4.78 is 6.37. The molecule has 0 aliphatic carbocycles. The fraction of sp³-hybridized carbons (Fsp3) is 0.444. The van der Waals surface area contributed by atoms with Gasteiger partial charge < -0.3 is 14.8 Å². The molecule has 4 rings (SSSR count). The molecule has 132 valence electrons. The lowest BCUT2D eigenvalue weighted by Gasteiger charge is -2.43. The minimum atomic E-state index is -1.23. The predicted octanol–water partition coefficient (Wildman–Crippen LogP) is 3.05. The molecule has 0 amide bonds. The topological polar surface area (TPSA) is 91.0 Å². The fourth-order valence-electron chi connectivity index (χ4n) is 3.36. The summed E-state index contributed by atoms with van der Waals surface area (Å²) in [6.45, 7) is 8.34. The maximum absolute atomic E-state index is 12.7. The van der Waals surface area contributed by atoms with Crippen LogP contribution in [-0.4, -0.2) is 26.9 Å². The molecule has 4 heterocycles. The monoisotopic (exact) mass is 359 g/mol. The van der Waals surface area contributed by atoms with Crippen LogP contribution in [0.5, 0.6) is 0 Å². The van der Waals surface area contributed by atoms with Gasteiger partial charge in [-0.2, -0.15) is 5.10 Å². The Morgan fingerprint density at radius 2 is 2.16 bits per heavy atom. The summed E-state index contributed by atoms with van der Waals surface area (Å²) in [6.07, 6.45) is 1.77. The van der Waals surface area contributed by atoms with Gasteiger partial charge in [0.05, 0.1) is 25.1 Å². The molecule has 7 heteroatoms. The third kappa shape index (κ3) is 2.30. The average Bonchev–Trinajstić information content (AvgIpc) is 3.14. The number of H-pyrrole nitrogens is 2. The summed E-state index contributed by atoms with van der Waals surface area (Å²) in [5.41, 5.74) is 1.51. The van der Waals surface area contributed by atoms with E-state index < -0.39 is 11.0 Å². The molecule has 0 spiro atoms. The van der Waals surface area contributed by atoms with Gasteiger partial charge in [0.1, 0.15) is 10.3 Å². The lowest BCUT2D eigenvalue weighted by molar-refractivity contribution is -0.139. The van der Waals surface area contributed by atoms with Crippen LogP contribution in [0.2, 0.25) is 0 Å². The minimum Gasteiger partial charge on any atom is -0.381 e. The maximum Gasteiger partial charge on any atom is 0.266 e. The molecule has 6 nitrogen and oxygen atoms in total. The normalized spacial score (nSPS) is 20.8. The molecule has 0 saturated heterocycles. The van der Waals surface area contributed by atoms with E-state index in [1.807, 2.05) is 33.8 Å². The van der Waals surface area contributed by atoms with Crippen molar-refractivity contribution >= 4 is 21.4 Å². The molecule has 0 bridgehead atoms. The minimum absolute atomic E-state index is 0.169. The number of pyridine rings is 1. The lowest BCUT2D eigenvalue weighted by Crippen LogP contribution is -2.48. The number of rotatable bonds is 1. The Morgan fingerprint density at radius 1 is 1.40 bits per heavy atom. The first-order valence-corrected chi connectivity index (χ1v) is 9.03. The van der Waals surface area contributed by atoms with E-state index in [-0.39, 0.29) is 12.2 Å². The SMILES string of the molecule is Cc1[nH]ncc1-c1cc2c3c([nH]c(=O)c2s1)[C@](O)(C(C)(C)C)COC3. The van der Waals surface area contributed by atoms with Crippen LogP contribution in [0.3, 0.4) is 0 Å². The summed E-state index contributed by atoms with van der Waals surface area (Å²) >= 11 is 1.44. The molecule has 3 N–H and O–H groups in total. The highest BCUT2D eigenvalue weighted by Gasteiger charge is 2.47. The van der Waals surface area contributed by atoms with Crippen LogP contribution in [0.4, 0.5) is 0 Å². The molecule has 0 saturated carbocycles. The van der Waals surface area contributed by atoms with Crippen LogP contribution in [0.25, 0.3) is 20.5 Å². The number of nitrogens with one attached hydrogen (secondary N) is 2. The van der Waals surface area contributed by atoms with Gasteiger partial charge in [0.25, 0.3) is 5.56 Å².